The van der Waals surface area contributed by atoms with Crippen LogP contribution < -0.4 is 10.6 Å². The van der Waals surface area contributed by atoms with Gasteiger partial charge in [-0.3, -0.25) is 14.4 Å². The van der Waals surface area contributed by atoms with Crippen molar-refractivity contribution in [2.24, 2.45) is 0 Å². The van der Waals surface area contributed by atoms with Gasteiger partial charge in [0, 0.05) is 32.7 Å². The molecule has 0 aromatic carbocycles. The number of nitrogens with one attached hydrogen (secondary N) is 2. The Labute approximate surface area is 118 Å². The standard InChI is InChI=1S/C13H22N4O3/c18-11(16-6-1-2-7-16)10-15-12(19)13(20)17-8-3-4-14-5-9-17/h14H,1-10H2,(H,15,19). The van der Waals surface area contributed by atoms with Gasteiger partial charge in [-0.2, -0.15) is 0 Å². The fourth-order valence-electron chi connectivity index (χ4n) is 2.50. The van der Waals surface area contributed by atoms with E-state index in [0.29, 0.717) is 19.6 Å². The molecule has 7 nitrogen and oxygen atoms in total. The van der Waals surface area contributed by atoms with Gasteiger partial charge in [-0.15, -0.1) is 0 Å². The quantitative estimate of drug-likeness (QED) is 0.607. The van der Waals surface area contributed by atoms with Crippen LogP contribution in [0.1, 0.15) is 19.3 Å². The molecule has 2 aliphatic heterocycles. The summed E-state index contributed by atoms with van der Waals surface area (Å²) in [7, 11) is 0. The SMILES string of the molecule is O=C(NCC(=O)N1CCCC1)C(=O)N1CCCNCC1. The highest BCUT2D eigenvalue weighted by Crippen LogP contribution is 2.06. The summed E-state index contributed by atoms with van der Waals surface area (Å²) in [5.74, 6) is -1.33. The van der Waals surface area contributed by atoms with Gasteiger partial charge in [0.1, 0.15) is 0 Å². The molecule has 2 saturated heterocycles. The molecule has 112 valence electrons. The first kappa shape index (κ1) is 14.8. The van der Waals surface area contributed by atoms with E-state index in [9.17, 15) is 14.4 Å². The first-order valence-corrected chi connectivity index (χ1v) is 7.24. The summed E-state index contributed by atoms with van der Waals surface area (Å²) < 4.78 is 0. The number of hydrogen-bond acceptors (Lipinski definition) is 4. The van der Waals surface area contributed by atoms with Crippen LogP contribution in [0.5, 0.6) is 0 Å². The summed E-state index contributed by atoms with van der Waals surface area (Å²) in [6.07, 6.45) is 2.87. The van der Waals surface area contributed by atoms with Gasteiger partial charge in [0.25, 0.3) is 0 Å². The molecule has 0 aromatic rings. The van der Waals surface area contributed by atoms with E-state index in [0.717, 1.165) is 38.9 Å². The molecule has 2 rings (SSSR count). The van der Waals surface area contributed by atoms with Gasteiger partial charge in [0.05, 0.1) is 6.54 Å². The van der Waals surface area contributed by atoms with E-state index in [1.165, 1.54) is 4.90 Å². The minimum absolute atomic E-state index is 0.0866. The second-order valence-corrected chi connectivity index (χ2v) is 5.17. The highest BCUT2D eigenvalue weighted by molar-refractivity contribution is 6.35. The molecule has 0 saturated carbocycles. The number of hydrogen-bond donors (Lipinski definition) is 2. The zero-order valence-corrected chi connectivity index (χ0v) is 11.7. The maximum absolute atomic E-state index is 11.9. The molecule has 0 atom stereocenters. The second-order valence-electron chi connectivity index (χ2n) is 5.17. The molecular formula is C13H22N4O3. The minimum Gasteiger partial charge on any atom is -0.341 e. The number of likely N-dealkylation sites (tertiary alicyclic amines) is 1. The van der Waals surface area contributed by atoms with Crippen molar-refractivity contribution in [3.8, 4) is 0 Å². The van der Waals surface area contributed by atoms with Crippen LogP contribution in [-0.4, -0.2) is 73.3 Å². The van der Waals surface area contributed by atoms with Crippen LogP contribution in [-0.2, 0) is 14.4 Å². The molecule has 0 bridgehead atoms. The highest BCUT2D eigenvalue weighted by atomic mass is 16.2. The maximum atomic E-state index is 11.9. The molecule has 7 heteroatoms. The summed E-state index contributed by atoms with van der Waals surface area (Å²) in [4.78, 5) is 38.8. The predicted molar refractivity (Wildman–Crippen MR) is 72.9 cm³/mol. The molecular weight excluding hydrogens is 260 g/mol. The van der Waals surface area contributed by atoms with E-state index in [1.807, 2.05) is 0 Å². The zero-order valence-electron chi connectivity index (χ0n) is 11.7. The third-order valence-corrected chi connectivity index (χ3v) is 3.68. The number of nitrogens with zero attached hydrogens (tertiary/aromatic N) is 2. The smallest absolute Gasteiger partial charge is 0.311 e. The van der Waals surface area contributed by atoms with E-state index in [4.69, 9.17) is 0 Å². The summed E-state index contributed by atoms with van der Waals surface area (Å²) >= 11 is 0. The van der Waals surface area contributed by atoms with E-state index in [1.54, 1.807) is 4.90 Å². The Hall–Kier alpha value is -1.63. The fourth-order valence-corrected chi connectivity index (χ4v) is 2.50. The van der Waals surface area contributed by atoms with Crippen molar-refractivity contribution in [2.75, 3.05) is 45.8 Å². The van der Waals surface area contributed by atoms with Gasteiger partial charge in [0.2, 0.25) is 5.91 Å². The van der Waals surface area contributed by atoms with Gasteiger partial charge in [-0.1, -0.05) is 0 Å². The van der Waals surface area contributed by atoms with Gasteiger partial charge in [-0.05, 0) is 25.8 Å². The Morgan fingerprint density at radius 3 is 2.35 bits per heavy atom. The Bertz CT molecular complexity index is 372. The van der Waals surface area contributed by atoms with Crippen LogP contribution in [0, 0.1) is 0 Å². The minimum atomic E-state index is -0.681. The number of rotatable bonds is 2. The summed E-state index contributed by atoms with van der Waals surface area (Å²) in [5.41, 5.74) is 0. The molecule has 0 aromatic heterocycles. The Kier molecular flexibility index (Phi) is 5.34. The first-order chi connectivity index (χ1) is 9.68. The lowest BCUT2D eigenvalue weighted by Gasteiger charge is -2.20. The van der Waals surface area contributed by atoms with Crippen LogP contribution in [0.15, 0.2) is 0 Å². The molecule has 2 fully saturated rings. The molecule has 3 amide bonds. The molecule has 0 unspecified atom stereocenters. The maximum Gasteiger partial charge on any atom is 0.311 e. The Balaban J connectivity index is 1.75. The number of carbonyl (C=O) groups is 3. The summed E-state index contributed by atoms with van der Waals surface area (Å²) in [6, 6.07) is 0. The van der Waals surface area contributed by atoms with Crippen molar-refractivity contribution in [3.63, 3.8) is 0 Å². The van der Waals surface area contributed by atoms with Crippen LogP contribution in [0.25, 0.3) is 0 Å². The van der Waals surface area contributed by atoms with Crippen LogP contribution in [0.3, 0.4) is 0 Å². The average Bonchev–Trinajstić information content (AvgIpc) is 2.86. The number of carbonyl (C=O) groups excluding carboxylic acids is 3. The topological polar surface area (TPSA) is 81.8 Å². The lowest BCUT2D eigenvalue weighted by atomic mass is 10.3. The van der Waals surface area contributed by atoms with Gasteiger partial charge in [-0.25, -0.2) is 0 Å². The van der Waals surface area contributed by atoms with Crippen molar-refractivity contribution >= 4 is 17.7 Å². The third kappa shape index (κ3) is 3.93. The monoisotopic (exact) mass is 282 g/mol. The van der Waals surface area contributed by atoms with Crippen molar-refractivity contribution in [2.45, 2.75) is 19.3 Å². The molecule has 2 N–H and O–H groups in total. The molecule has 0 aliphatic carbocycles. The normalized spacial score (nSPS) is 19.6. The third-order valence-electron chi connectivity index (χ3n) is 3.68. The summed E-state index contributed by atoms with van der Waals surface area (Å²) in [6.45, 7) is 4.09. The molecule has 2 aliphatic rings. The van der Waals surface area contributed by atoms with E-state index in [2.05, 4.69) is 10.6 Å². The summed E-state index contributed by atoms with van der Waals surface area (Å²) in [5, 5.41) is 5.61. The van der Waals surface area contributed by atoms with E-state index >= 15 is 0 Å². The van der Waals surface area contributed by atoms with E-state index < -0.39 is 11.8 Å². The first-order valence-electron chi connectivity index (χ1n) is 7.24. The van der Waals surface area contributed by atoms with Gasteiger partial charge < -0.3 is 20.4 Å². The molecule has 0 spiro atoms. The Morgan fingerprint density at radius 1 is 0.900 bits per heavy atom. The average molecular weight is 282 g/mol. The molecule has 2 heterocycles. The van der Waals surface area contributed by atoms with Crippen molar-refractivity contribution in [1.29, 1.82) is 0 Å². The van der Waals surface area contributed by atoms with Crippen molar-refractivity contribution in [3.05, 3.63) is 0 Å². The largest absolute Gasteiger partial charge is 0.341 e. The molecule has 20 heavy (non-hydrogen) atoms. The highest BCUT2D eigenvalue weighted by Gasteiger charge is 2.24. The molecule has 0 radical (unpaired) electrons. The van der Waals surface area contributed by atoms with Crippen LogP contribution in [0.2, 0.25) is 0 Å². The lowest BCUT2D eigenvalue weighted by molar-refractivity contribution is -0.146. The van der Waals surface area contributed by atoms with Crippen molar-refractivity contribution in [1.82, 2.24) is 20.4 Å². The van der Waals surface area contributed by atoms with Crippen LogP contribution >= 0.6 is 0 Å². The van der Waals surface area contributed by atoms with E-state index in [-0.39, 0.29) is 12.5 Å². The van der Waals surface area contributed by atoms with Crippen LogP contribution in [0.4, 0.5) is 0 Å². The predicted octanol–water partition coefficient (Wildman–Crippen LogP) is -1.45. The van der Waals surface area contributed by atoms with Gasteiger partial charge >= 0.3 is 11.8 Å². The Morgan fingerprint density at radius 2 is 1.60 bits per heavy atom. The second kappa shape index (κ2) is 7.23. The number of amides is 3. The fraction of sp³-hybridized carbons (Fsp3) is 0.769. The zero-order chi connectivity index (χ0) is 14.4. The lowest BCUT2D eigenvalue weighted by Crippen LogP contribution is -2.47. The van der Waals surface area contributed by atoms with Gasteiger partial charge in [0.15, 0.2) is 0 Å². The van der Waals surface area contributed by atoms with Crippen molar-refractivity contribution < 1.29 is 14.4 Å².